The molecule has 110 valence electrons. The summed E-state index contributed by atoms with van der Waals surface area (Å²) in [5.74, 6) is -0.989. The summed E-state index contributed by atoms with van der Waals surface area (Å²) < 4.78 is 5.35. The van der Waals surface area contributed by atoms with Crippen LogP contribution in [-0.4, -0.2) is 39.8 Å². The first-order chi connectivity index (χ1) is 8.72. The van der Waals surface area contributed by atoms with Crippen molar-refractivity contribution < 1.29 is 19.4 Å². The molecule has 1 atom stereocenters. The summed E-state index contributed by atoms with van der Waals surface area (Å²) in [6.45, 7) is 6.90. The molecule has 19 heavy (non-hydrogen) atoms. The normalized spacial score (nSPS) is 18.7. The SMILES string of the molecule is C[C@H](C(=O)O)N(C(=O)OC(C)(C)C)C1CCCCC1. The molecule has 0 aromatic heterocycles. The molecule has 0 bridgehead atoms. The Balaban J connectivity index is 2.84. The lowest BCUT2D eigenvalue weighted by Crippen LogP contribution is -2.51. The standard InChI is InChI=1S/C14H25NO4/c1-10(12(16)17)15(11-8-6-5-7-9-11)13(18)19-14(2,3)4/h10-11H,5-9H2,1-4H3,(H,16,17)/t10-/m1/s1. The first kappa shape index (κ1) is 15.8. The lowest BCUT2D eigenvalue weighted by atomic mass is 9.93. The zero-order valence-electron chi connectivity index (χ0n) is 12.3. The predicted octanol–water partition coefficient (Wildman–Crippen LogP) is 3.03. The van der Waals surface area contributed by atoms with Crippen molar-refractivity contribution in [2.45, 2.75) is 77.5 Å². The topological polar surface area (TPSA) is 66.8 Å². The molecule has 1 aliphatic rings. The molecule has 0 saturated heterocycles. The van der Waals surface area contributed by atoms with Crippen LogP contribution in [0.3, 0.4) is 0 Å². The molecule has 0 aromatic rings. The molecule has 1 N–H and O–H groups in total. The fraction of sp³-hybridized carbons (Fsp3) is 0.857. The number of carboxylic acids is 1. The van der Waals surface area contributed by atoms with Crippen molar-refractivity contribution in [3.8, 4) is 0 Å². The van der Waals surface area contributed by atoms with Crippen LogP contribution < -0.4 is 0 Å². The molecule has 1 saturated carbocycles. The Hall–Kier alpha value is -1.26. The van der Waals surface area contributed by atoms with Gasteiger partial charge in [-0.25, -0.2) is 9.59 Å². The monoisotopic (exact) mass is 271 g/mol. The van der Waals surface area contributed by atoms with Gasteiger partial charge < -0.3 is 9.84 Å². The number of carbonyl (C=O) groups excluding carboxylic acids is 1. The summed E-state index contributed by atoms with van der Waals surface area (Å²) in [4.78, 5) is 24.9. The van der Waals surface area contributed by atoms with E-state index in [9.17, 15) is 14.7 Å². The van der Waals surface area contributed by atoms with Gasteiger partial charge >= 0.3 is 12.1 Å². The minimum atomic E-state index is -0.989. The molecular formula is C14H25NO4. The maximum absolute atomic E-state index is 12.2. The van der Waals surface area contributed by atoms with Gasteiger partial charge in [-0.15, -0.1) is 0 Å². The summed E-state index contributed by atoms with van der Waals surface area (Å²) in [5.41, 5.74) is -0.609. The van der Waals surface area contributed by atoms with Crippen molar-refractivity contribution in [1.29, 1.82) is 0 Å². The zero-order valence-corrected chi connectivity index (χ0v) is 12.3. The van der Waals surface area contributed by atoms with Crippen LogP contribution in [0.5, 0.6) is 0 Å². The summed E-state index contributed by atoms with van der Waals surface area (Å²) in [6, 6.07) is -0.868. The third kappa shape index (κ3) is 4.73. The van der Waals surface area contributed by atoms with E-state index in [-0.39, 0.29) is 6.04 Å². The minimum absolute atomic E-state index is 0.0188. The summed E-state index contributed by atoms with van der Waals surface area (Å²) >= 11 is 0. The van der Waals surface area contributed by atoms with E-state index in [0.717, 1.165) is 32.1 Å². The van der Waals surface area contributed by atoms with Gasteiger partial charge in [0.05, 0.1) is 0 Å². The van der Waals surface area contributed by atoms with Gasteiger partial charge in [-0.1, -0.05) is 19.3 Å². The van der Waals surface area contributed by atoms with Crippen LogP contribution >= 0.6 is 0 Å². The predicted molar refractivity (Wildman–Crippen MR) is 72.0 cm³/mol. The molecule has 1 amide bonds. The number of hydrogen-bond acceptors (Lipinski definition) is 3. The summed E-state index contributed by atoms with van der Waals surface area (Å²) in [7, 11) is 0. The van der Waals surface area contributed by atoms with E-state index in [2.05, 4.69) is 0 Å². The molecule has 0 aromatic carbocycles. The average molecular weight is 271 g/mol. The van der Waals surface area contributed by atoms with Crippen molar-refractivity contribution in [3.63, 3.8) is 0 Å². The van der Waals surface area contributed by atoms with Gasteiger partial charge in [-0.2, -0.15) is 0 Å². The van der Waals surface area contributed by atoms with Crippen LogP contribution in [-0.2, 0) is 9.53 Å². The highest BCUT2D eigenvalue weighted by atomic mass is 16.6. The number of ether oxygens (including phenoxy) is 1. The van der Waals surface area contributed by atoms with Crippen molar-refractivity contribution in [3.05, 3.63) is 0 Å². The third-order valence-electron chi connectivity index (χ3n) is 3.35. The molecule has 1 aliphatic carbocycles. The number of amides is 1. The van der Waals surface area contributed by atoms with E-state index in [0.29, 0.717) is 0 Å². The summed E-state index contributed by atoms with van der Waals surface area (Å²) in [5, 5.41) is 9.18. The first-order valence-electron chi connectivity index (χ1n) is 6.96. The molecule has 1 fully saturated rings. The van der Waals surface area contributed by atoms with E-state index >= 15 is 0 Å². The highest BCUT2D eigenvalue weighted by molar-refractivity contribution is 5.80. The van der Waals surface area contributed by atoms with Crippen molar-refractivity contribution in [1.82, 2.24) is 4.90 Å². The Bertz CT molecular complexity index is 329. The number of nitrogens with zero attached hydrogens (tertiary/aromatic N) is 1. The van der Waals surface area contributed by atoms with E-state index in [1.807, 2.05) is 0 Å². The van der Waals surface area contributed by atoms with Crippen LogP contribution in [0.4, 0.5) is 4.79 Å². The fourth-order valence-electron chi connectivity index (χ4n) is 2.42. The van der Waals surface area contributed by atoms with Crippen LogP contribution in [0.15, 0.2) is 0 Å². The Morgan fingerprint density at radius 3 is 2.16 bits per heavy atom. The second-order valence-corrected chi connectivity index (χ2v) is 6.19. The minimum Gasteiger partial charge on any atom is -0.480 e. The maximum Gasteiger partial charge on any atom is 0.411 e. The number of hydrogen-bond donors (Lipinski definition) is 1. The van der Waals surface area contributed by atoms with Gasteiger partial charge in [-0.3, -0.25) is 4.90 Å². The maximum atomic E-state index is 12.2. The summed E-state index contributed by atoms with van der Waals surface area (Å²) in [6.07, 6.45) is 4.43. The zero-order chi connectivity index (χ0) is 14.6. The highest BCUT2D eigenvalue weighted by Gasteiger charge is 2.35. The second-order valence-electron chi connectivity index (χ2n) is 6.19. The van der Waals surface area contributed by atoms with Gasteiger partial charge in [0.1, 0.15) is 11.6 Å². The van der Waals surface area contributed by atoms with E-state index in [4.69, 9.17) is 4.74 Å². The van der Waals surface area contributed by atoms with Gasteiger partial charge in [0, 0.05) is 6.04 Å². The van der Waals surface area contributed by atoms with E-state index < -0.39 is 23.7 Å². The first-order valence-corrected chi connectivity index (χ1v) is 6.96. The van der Waals surface area contributed by atoms with Crippen molar-refractivity contribution in [2.24, 2.45) is 0 Å². The smallest absolute Gasteiger partial charge is 0.411 e. The number of rotatable bonds is 3. The van der Waals surface area contributed by atoms with Crippen LogP contribution in [0, 0.1) is 0 Å². The quantitative estimate of drug-likeness (QED) is 0.856. The third-order valence-corrected chi connectivity index (χ3v) is 3.35. The van der Waals surface area contributed by atoms with Crippen LogP contribution in [0.2, 0.25) is 0 Å². The number of aliphatic carboxylic acids is 1. The molecule has 0 aliphatic heterocycles. The van der Waals surface area contributed by atoms with Gasteiger partial charge in [0.2, 0.25) is 0 Å². The average Bonchev–Trinajstić information content (AvgIpc) is 2.28. The molecule has 1 rings (SSSR count). The van der Waals surface area contributed by atoms with Gasteiger partial charge in [0.25, 0.3) is 0 Å². The van der Waals surface area contributed by atoms with E-state index in [1.165, 1.54) is 4.90 Å². The molecule has 5 nitrogen and oxygen atoms in total. The van der Waals surface area contributed by atoms with Gasteiger partial charge in [-0.05, 0) is 40.5 Å². The second kappa shape index (κ2) is 6.26. The Labute approximate surface area is 114 Å². The van der Waals surface area contributed by atoms with Crippen LogP contribution in [0.1, 0.15) is 59.8 Å². The highest BCUT2D eigenvalue weighted by Crippen LogP contribution is 2.26. The lowest BCUT2D eigenvalue weighted by Gasteiger charge is -2.37. The largest absolute Gasteiger partial charge is 0.480 e. The lowest BCUT2D eigenvalue weighted by molar-refractivity contribution is -0.143. The van der Waals surface area contributed by atoms with Crippen molar-refractivity contribution in [2.75, 3.05) is 0 Å². The Morgan fingerprint density at radius 1 is 1.21 bits per heavy atom. The molecule has 0 heterocycles. The number of carbonyl (C=O) groups is 2. The van der Waals surface area contributed by atoms with Crippen LogP contribution in [0.25, 0.3) is 0 Å². The van der Waals surface area contributed by atoms with Crippen molar-refractivity contribution >= 4 is 12.1 Å². The molecule has 5 heteroatoms. The van der Waals surface area contributed by atoms with Gasteiger partial charge in [0.15, 0.2) is 0 Å². The fourth-order valence-corrected chi connectivity index (χ4v) is 2.42. The molecule has 0 spiro atoms. The Morgan fingerprint density at radius 2 is 1.74 bits per heavy atom. The molecule has 0 radical (unpaired) electrons. The Kier molecular flexibility index (Phi) is 5.20. The number of carboxylic acid groups (broad SMARTS) is 1. The van der Waals surface area contributed by atoms with E-state index in [1.54, 1.807) is 27.7 Å². The molecule has 0 unspecified atom stereocenters. The molecular weight excluding hydrogens is 246 g/mol.